The summed E-state index contributed by atoms with van der Waals surface area (Å²) in [6.07, 6.45) is 3.67. The fourth-order valence-electron chi connectivity index (χ4n) is 1.55. The second-order valence-electron chi connectivity index (χ2n) is 5.70. The molecule has 1 amide bonds. The highest BCUT2D eigenvalue weighted by Crippen LogP contribution is 2.05. The lowest BCUT2D eigenvalue weighted by Gasteiger charge is -2.15. The summed E-state index contributed by atoms with van der Waals surface area (Å²) in [6, 6.07) is -0.0761. The molecule has 0 fully saturated rings. The minimum atomic E-state index is -0.0761. The Labute approximate surface area is 107 Å². The highest BCUT2D eigenvalue weighted by Gasteiger charge is 2.11. The summed E-state index contributed by atoms with van der Waals surface area (Å²) < 4.78 is 0. The van der Waals surface area contributed by atoms with E-state index < -0.39 is 0 Å². The molecule has 0 spiro atoms. The Morgan fingerprint density at radius 2 is 1.65 bits per heavy atom. The molecule has 3 nitrogen and oxygen atoms in total. The quantitative estimate of drug-likeness (QED) is 0.610. The van der Waals surface area contributed by atoms with E-state index in [1.165, 1.54) is 12.8 Å². The zero-order valence-corrected chi connectivity index (χ0v) is 12.2. The van der Waals surface area contributed by atoms with Gasteiger partial charge >= 0.3 is 0 Å². The molecule has 0 saturated carbocycles. The fourth-order valence-corrected chi connectivity index (χ4v) is 1.55. The summed E-state index contributed by atoms with van der Waals surface area (Å²) in [7, 11) is 0. The van der Waals surface area contributed by atoms with Gasteiger partial charge in [0.15, 0.2) is 0 Å². The topological polar surface area (TPSA) is 41.1 Å². The normalized spacial score (nSPS) is 13.1. The number of hydrogen-bond donors (Lipinski definition) is 2. The molecule has 0 aliphatic carbocycles. The molecule has 0 aromatic carbocycles. The molecule has 0 aliphatic rings. The van der Waals surface area contributed by atoms with Crippen molar-refractivity contribution < 1.29 is 4.79 Å². The first-order valence-electron chi connectivity index (χ1n) is 6.94. The zero-order chi connectivity index (χ0) is 13.3. The van der Waals surface area contributed by atoms with Crippen LogP contribution in [0.4, 0.5) is 0 Å². The Bertz CT molecular complexity index is 202. The van der Waals surface area contributed by atoms with Crippen molar-refractivity contribution in [3.05, 3.63) is 0 Å². The predicted octanol–water partition coefficient (Wildman–Crippen LogP) is 2.56. The van der Waals surface area contributed by atoms with Gasteiger partial charge in [0, 0.05) is 6.54 Å². The first kappa shape index (κ1) is 16.4. The summed E-state index contributed by atoms with van der Waals surface area (Å²) in [5, 5.41) is 6.21. The lowest BCUT2D eigenvalue weighted by atomic mass is 10.1. The molecule has 102 valence electrons. The van der Waals surface area contributed by atoms with E-state index in [2.05, 4.69) is 38.3 Å². The number of amides is 1. The van der Waals surface area contributed by atoms with Crippen LogP contribution < -0.4 is 10.6 Å². The largest absolute Gasteiger partial charge is 0.354 e. The number of carbonyl (C=O) groups excluding carboxylic acids is 1. The van der Waals surface area contributed by atoms with E-state index in [9.17, 15) is 4.79 Å². The molecule has 0 heterocycles. The van der Waals surface area contributed by atoms with Crippen LogP contribution in [0.3, 0.4) is 0 Å². The third kappa shape index (κ3) is 10.3. The number of carbonyl (C=O) groups is 1. The van der Waals surface area contributed by atoms with Gasteiger partial charge in [-0.15, -0.1) is 0 Å². The molecule has 1 atom stereocenters. The Balaban J connectivity index is 3.50. The Morgan fingerprint density at radius 3 is 2.18 bits per heavy atom. The van der Waals surface area contributed by atoms with Gasteiger partial charge in [0.1, 0.15) is 0 Å². The molecular weight excluding hydrogens is 212 g/mol. The molecule has 0 aliphatic heterocycles. The van der Waals surface area contributed by atoms with Gasteiger partial charge in [-0.2, -0.15) is 0 Å². The third-order valence-corrected chi connectivity index (χ3v) is 2.74. The number of rotatable bonds is 9. The molecule has 0 rings (SSSR count). The maximum atomic E-state index is 11.6. The van der Waals surface area contributed by atoms with Crippen LogP contribution in [-0.4, -0.2) is 25.0 Å². The maximum absolute atomic E-state index is 11.6. The second-order valence-corrected chi connectivity index (χ2v) is 5.70. The van der Waals surface area contributed by atoms with Crippen molar-refractivity contribution in [2.75, 3.05) is 13.1 Å². The molecule has 1 unspecified atom stereocenters. The van der Waals surface area contributed by atoms with E-state index >= 15 is 0 Å². The first-order chi connectivity index (χ1) is 7.93. The van der Waals surface area contributed by atoms with E-state index in [1.807, 2.05) is 6.92 Å². The molecule has 2 N–H and O–H groups in total. The smallest absolute Gasteiger partial charge is 0.236 e. The lowest BCUT2D eigenvalue weighted by Crippen LogP contribution is -2.43. The van der Waals surface area contributed by atoms with Gasteiger partial charge in [-0.3, -0.25) is 4.79 Å². The monoisotopic (exact) mass is 242 g/mol. The molecule has 0 aromatic heterocycles. The van der Waals surface area contributed by atoms with Gasteiger partial charge in [0.25, 0.3) is 0 Å². The number of unbranched alkanes of at least 4 members (excludes halogenated alkanes) is 1. The molecule has 0 saturated heterocycles. The Morgan fingerprint density at radius 1 is 1.00 bits per heavy atom. The third-order valence-electron chi connectivity index (χ3n) is 2.74. The van der Waals surface area contributed by atoms with Crippen LogP contribution in [0, 0.1) is 11.8 Å². The molecule has 0 bridgehead atoms. The average molecular weight is 242 g/mol. The van der Waals surface area contributed by atoms with Crippen molar-refractivity contribution in [3.8, 4) is 0 Å². The van der Waals surface area contributed by atoms with Gasteiger partial charge < -0.3 is 10.6 Å². The Hall–Kier alpha value is -0.570. The summed E-state index contributed by atoms with van der Waals surface area (Å²) in [6.45, 7) is 12.3. The highest BCUT2D eigenvalue weighted by atomic mass is 16.2. The summed E-state index contributed by atoms with van der Waals surface area (Å²) in [4.78, 5) is 11.6. The van der Waals surface area contributed by atoms with Crippen LogP contribution >= 0.6 is 0 Å². The Kier molecular flexibility index (Phi) is 9.14. The van der Waals surface area contributed by atoms with Crippen LogP contribution in [-0.2, 0) is 4.79 Å². The summed E-state index contributed by atoms with van der Waals surface area (Å²) >= 11 is 0. The van der Waals surface area contributed by atoms with Crippen molar-refractivity contribution >= 4 is 5.91 Å². The van der Waals surface area contributed by atoms with Gasteiger partial charge in [-0.25, -0.2) is 0 Å². The first-order valence-corrected chi connectivity index (χ1v) is 6.94. The minimum Gasteiger partial charge on any atom is -0.354 e. The minimum absolute atomic E-state index is 0.0761. The van der Waals surface area contributed by atoms with Crippen molar-refractivity contribution in [3.63, 3.8) is 0 Å². The van der Waals surface area contributed by atoms with E-state index in [1.54, 1.807) is 0 Å². The number of nitrogens with one attached hydrogen (secondary N) is 2. The average Bonchev–Trinajstić information content (AvgIpc) is 2.24. The van der Waals surface area contributed by atoms with Gasteiger partial charge in [0.05, 0.1) is 6.04 Å². The molecule has 0 radical (unpaired) electrons. The van der Waals surface area contributed by atoms with Crippen LogP contribution in [0.25, 0.3) is 0 Å². The van der Waals surface area contributed by atoms with Crippen molar-refractivity contribution in [1.82, 2.24) is 10.6 Å². The standard InChI is InChI=1S/C14H30N2O/c1-11(2)8-6-7-9-15-13(5)14(17)16-10-12(3)4/h11-13,15H,6-10H2,1-5H3,(H,16,17). The van der Waals surface area contributed by atoms with E-state index in [-0.39, 0.29) is 11.9 Å². The van der Waals surface area contributed by atoms with Crippen LogP contribution in [0.5, 0.6) is 0 Å². The van der Waals surface area contributed by atoms with Crippen molar-refractivity contribution in [2.45, 2.75) is 59.9 Å². The van der Waals surface area contributed by atoms with E-state index in [4.69, 9.17) is 0 Å². The molecule has 17 heavy (non-hydrogen) atoms. The highest BCUT2D eigenvalue weighted by molar-refractivity contribution is 5.81. The number of hydrogen-bond acceptors (Lipinski definition) is 2. The van der Waals surface area contributed by atoms with Gasteiger partial charge in [-0.05, 0) is 31.7 Å². The van der Waals surface area contributed by atoms with Crippen molar-refractivity contribution in [2.24, 2.45) is 11.8 Å². The molecule has 0 aromatic rings. The fraction of sp³-hybridized carbons (Fsp3) is 0.929. The SMILES string of the molecule is CC(C)CCCCNC(C)C(=O)NCC(C)C. The summed E-state index contributed by atoms with van der Waals surface area (Å²) in [5.41, 5.74) is 0. The summed E-state index contributed by atoms with van der Waals surface area (Å²) in [5.74, 6) is 1.40. The maximum Gasteiger partial charge on any atom is 0.236 e. The van der Waals surface area contributed by atoms with E-state index in [0.29, 0.717) is 5.92 Å². The lowest BCUT2D eigenvalue weighted by molar-refractivity contribution is -0.122. The van der Waals surface area contributed by atoms with Crippen molar-refractivity contribution in [1.29, 1.82) is 0 Å². The van der Waals surface area contributed by atoms with Crippen LogP contribution in [0.15, 0.2) is 0 Å². The van der Waals surface area contributed by atoms with Gasteiger partial charge in [0.2, 0.25) is 5.91 Å². The molecule has 3 heteroatoms. The van der Waals surface area contributed by atoms with Crippen LogP contribution in [0.2, 0.25) is 0 Å². The van der Waals surface area contributed by atoms with E-state index in [0.717, 1.165) is 25.4 Å². The predicted molar refractivity (Wildman–Crippen MR) is 74.0 cm³/mol. The van der Waals surface area contributed by atoms with Gasteiger partial charge in [-0.1, -0.05) is 40.5 Å². The zero-order valence-electron chi connectivity index (χ0n) is 12.2. The second kappa shape index (κ2) is 9.46. The molecular formula is C14H30N2O. The van der Waals surface area contributed by atoms with Crippen LogP contribution in [0.1, 0.15) is 53.9 Å².